The van der Waals surface area contributed by atoms with Crippen molar-refractivity contribution in [1.82, 2.24) is 0 Å². The zero-order chi connectivity index (χ0) is 10.1. The van der Waals surface area contributed by atoms with Crippen molar-refractivity contribution >= 4 is 5.78 Å². The Morgan fingerprint density at radius 2 is 2.14 bits per heavy atom. The van der Waals surface area contributed by atoms with Crippen molar-refractivity contribution in [3.63, 3.8) is 0 Å². The van der Waals surface area contributed by atoms with Gasteiger partial charge in [0.2, 0.25) is 0 Å². The molecule has 1 aliphatic carbocycles. The highest BCUT2D eigenvalue weighted by Gasteiger charge is 2.22. The van der Waals surface area contributed by atoms with Crippen molar-refractivity contribution in [2.45, 2.75) is 39.0 Å². The van der Waals surface area contributed by atoms with Crippen LogP contribution in [0.3, 0.4) is 0 Å². The lowest BCUT2D eigenvalue weighted by molar-refractivity contribution is 0.0994. The molecule has 0 fully saturated rings. The van der Waals surface area contributed by atoms with Crippen LogP contribution >= 0.6 is 0 Å². The van der Waals surface area contributed by atoms with Crippen LogP contribution in [0.5, 0.6) is 0 Å². The van der Waals surface area contributed by atoms with Gasteiger partial charge >= 0.3 is 0 Å². The summed E-state index contributed by atoms with van der Waals surface area (Å²) < 4.78 is 0. The molecule has 0 aliphatic heterocycles. The highest BCUT2D eigenvalue weighted by atomic mass is 16.1. The van der Waals surface area contributed by atoms with Crippen LogP contribution in [0.15, 0.2) is 18.2 Å². The molecule has 0 spiro atoms. The van der Waals surface area contributed by atoms with Gasteiger partial charge in [-0.2, -0.15) is 0 Å². The van der Waals surface area contributed by atoms with E-state index in [-0.39, 0.29) is 0 Å². The lowest BCUT2D eigenvalue weighted by Crippen LogP contribution is -1.98. The van der Waals surface area contributed by atoms with Gasteiger partial charge in [-0.15, -0.1) is 0 Å². The molecular formula is C13H16O. The topological polar surface area (TPSA) is 17.1 Å². The van der Waals surface area contributed by atoms with Crippen molar-refractivity contribution in [2.24, 2.45) is 0 Å². The molecule has 1 aliphatic rings. The van der Waals surface area contributed by atoms with Gasteiger partial charge in [-0.1, -0.05) is 32.0 Å². The molecule has 0 saturated carbocycles. The third-order valence-corrected chi connectivity index (χ3v) is 3.26. The van der Waals surface area contributed by atoms with Crippen LogP contribution in [-0.4, -0.2) is 5.78 Å². The second kappa shape index (κ2) is 3.56. The number of benzene rings is 1. The fourth-order valence-corrected chi connectivity index (χ4v) is 2.20. The number of hydrogen-bond donors (Lipinski definition) is 0. The molecule has 0 bridgehead atoms. The molecule has 1 aromatic carbocycles. The quantitative estimate of drug-likeness (QED) is 0.695. The Kier molecular flexibility index (Phi) is 2.40. The zero-order valence-corrected chi connectivity index (χ0v) is 8.84. The summed E-state index contributed by atoms with van der Waals surface area (Å²) in [6, 6.07) is 6.16. The van der Waals surface area contributed by atoms with E-state index in [1.54, 1.807) is 0 Å². The summed E-state index contributed by atoms with van der Waals surface area (Å²) >= 11 is 0. The van der Waals surface area contributed by atoms with E-state index in [0.29, 0.717) is 18.1 Å². The van der Waals surface area contributed by atoms with Gasteiger partial charge < -0.3 is 0 Å². The van der Waals surface area contributed by atoms with E-state index in [9.17, 15) is 4.79 Å². The minimum Gasteiger partial charge on any atom is -0.294 e. The fraction of sp³-hybridized carbons (Fsp3) is 0.462. The highest BCUT2D eigenvalue weighted by molar-refractivity contribution is 6.00. The Labute approximate surface area is 85.1 Å². The Morgan fingerprint density at radius 1 is 1.36 bits per heavy atom. The second-order valence-electron chi connectivity index (χ2n) is 4.11. The summed E-state index contributed by atoms with van der Waals surface area (Å²) in [5.74, 6) is 0.904. The summed E-state index contributed by atoms with van der Waals surface area (Å²) in [5, 5.41) is 0. The predicted octanol–water partition coefficient (Wildman–Crippen LogP) is 3.33. The molecule has 74 valence electrons. The van der Waals surface area contributed by atoms with Crippen LogP contribution in [0.1, 0.15) is 54.1 Å². The van der Waals surface area contributed by atoms with Crippen LogP contribution in [0.4, 0.5) is 0 Å². The highest BCUT2D eigenvalue weighted by Crippen LogP contribution is 2.31. The lowest BCUT2D eigenvalue weighted by atomic mass is 9.92. The Balaban J connectivity index is 2.49. The van der Waals surface area contributed by atoms with Gasteiger partial charge in [-0.05, 0) is 29.9 Å². The second-order valence-corrected chi connectivity index (χ2v) is 4.11. The number of carbonyl (C=O) groups is 1. The Bertz CT molecular complexity index is 365. The molecule has 0 radical (unpaired) electrons. The van der Waals surface area contributed by atoms with E-state index in [2.05, 4.69) is 19.9 Å². The van der Waals surface area contributed by atoms with Crippen molar-refractivity contribution in [1.29, 1.82) is 0 Å². The van der Waals surface area contributed by atoms with Crippen LogP contribution in [0, 0.1) is 0 Å². The number of rotatable bonds is 2. The lowest BCUT2D eigenvalue weighted by Gasteiger charge is -2.13. The first-order valence-corrected chi connectivity index (χ1v) is 5.39. The first-order chi connectivity index (χ1) is 6.74. The van der Waals surface area contributed by atoms with Crippen molar-refractivity contribution < 1.29 is 4.79 Å². The van der Waals surface area contributed by atoms with E-state index in [4.69, 9.17) is 0 Å². The molecule has 1 heteroatoms. The fourth-order valence-electron chi connectivity index (χ4n) is 2.20. The summed E-state index contributed by atoms with van der Waals surface area (Å²) in [7, 11) is 0. The van der Waals surface area contributed by atoms with Crippen LogP contribution in [0.25, 0.3) is 0 Å². The first kappa shape index (κ1) is 9.45. The van der Waals surface area contributed by atoms with Gasteiger partial charge in [0.05, 0.1) is 0 Å². The molecule has 1 aromatic rings. The zero-order valence-electron chi connectivity index (χ0n) is 8.84. The minimum atomic E-state index is 0.324. The molecule has 2 rings (SSSR count). The van der Waals surface area contributed by atoms with E-state index < -0.39 is 0 Å². The Hall–Kier alpha value is -1.11. The standard InChI is InChI=1S/C13H16O/c1-3-9(2)10-5-4-6-12-11(10)7-8-13(12)14/h4-6,9H,3,7-8H2,1-2H3. The molecule has 14 heavy (non-hydrogen) atoms. The molecule has 0 amide bonds. The smallest absolute Gasteiger partial charge is 0.163 e. The summed E-state index contributed by atoms with van der Waals surface area (Å²) in [6.07, 6.45) is 2.81. The average molecular weight is 188 g/mol. The monoisotopic (exact) mass is 188 g/mol. The maximum Gasteiger partial charge on any atom is 0.163 e. The summed E-state index contributed by atoms with van der Waals surface area (Å²) in [4.78, 5) is 11.5. The number of ketones is 1. The molecule has 0 aromatic heterocycles. The molecular weight excluding hydrogens is 172 g/mol. The van der Waals surface area contributed by atoms with Crippen LogP contribution in [0.2, 0.25) is 0 Å². The van der Waals surface area contributed by atoms with Gasteiger partial charge in [0.1, 0.15) is 0 Å². The molecule has 0 heterocycles. The first-order valence-electron chi connectivity index (χ1n) is 5.39. The molecule has 1 atom stereocenters. The van der Waals surface area contributed by atoms with Gasteiger partial charge in [-0.3, -0.25) is 4.79 Å². The predicted molar refractivity (Wildman–Crippen MR) is 57.8 cm³/mol. The SMILES string of the molecule is CCC(C)c1cccc2c1CCC2=O. The minimum absolute atomic E-state index is 0.324. The van der Waals surface area contributed by atoms with Gasteiger partial charge in [0.15, 0.2) is 5.78 Å². The summed E-state index contributed by atoms with van der Waals surface area (Å²) in [5.41, 5.74) is 3.67. The van der Waals surface area contributed by atoms with E-state index in [1.807, 2.05) is 12.1 Å². The number of fused-ring (bicyclic) bond motifs is 1. The number of carbonyl (C=O) groups excluding carboxylic acids is 1. The van der Waals surface area contributed by atoms with Crippen molar-refractivity contribution in [2.75, 3.05) is 0 Å². The molecule has 1 nitrogen and oxygen atoms in total. The average Bonchev–Trinajstić information content (AvgIpc) is 2.59. The molecule has 0 saturated heterocycles. The maximum atomic E-state index is 11.5. The Morgan fingerprint density at radius 3 is 2.86 bits per heavy atom. The number of Topliss-reactive ketones (excluding diaryl/α,β-unsaturated/α-hetero) is 1. The van der Waals surface area contributed by atoms with E-state index in [0.717, 1.165) is 18.4 Å². The molecule has 0 N–H and O–H groups in total. The van der Waals surface area contributed by atoms with Gasteiger partial charge in [0.25, 0.3) is 0 Å². The van der Waals surface area contributed by atoms with Gasteiger partial charge in [-0.25, -0.2) is 0 Å². The largest absolute Gasteiger partial charge is 0.294 e. The number of hydrogen-bond acceptors (Lipinski definition) is 1. The van der Waals surface area contributed by atoms with Crippen molar-refractivity contribution in [3.8, 4) is 0 Å². The third-order valence-electron chi connectivity index (χ3n) is 3.26. The van der Waals surface area contributed by atoms with Gasteiger partial charge in [0, 0.05) is 12.0 Å². The van der Waals surface area contributed by atoms with Crippen LogP contribution in [-0.2, 0) is 6.42 Å². The third kappa shape index (κ3) is 1.37. The molecule has 1 unspecified atom stereocenters. The van der Waals surface area contributed by atoms with E-state index >= 15 is 0 Å². The maximum absolute atomic E-state index is 11.5. The van der Waals surface area contributed by atoms with E-state index in [1.165, 1.54) is 11.1 Å². The summed E-state index contributed by atoms with van der Waals surface area (Å²) in [6.45, 7) is 4.43. The van der Waals surface area contributed by atoms with Crippen molar-refractivity contribution in [3.05, 3.63) is 34.9 Å². The van der Waals surface area contributed by atoms with Crippen LogP contribution < -0.4 is 0 Å². The normalized spacial score (nSPS) is 16.9.